The number of morpholine rings is 1. The largest absolute Gasteiger partial charge is 0.369 e. The van der Waals surface area contributed by atoms with Gasteiger partial charge in [-0.1, -0.05) is 0 Å². The van der Waals surface area contributed by atoms with E-state index in [0.29, 0.717) is 6.61 Å². The summed E-state index contributed by atoms with van der Waals surface area (Å²) in [6, 6.07) is 0.208. The molecule has 2 rings (SSSR count). The van der Waals surface area contributed by atoms with Crippen molar-refractivity contribution in [2.75, 3.05) is 26.8 Å². The molecule has 6 nitrogen and oxygen atoms in total. The van der Waals surface area contributed by atoms with E-state index in [9.17, 15) is 0 Å². The molecule has 0 spiro atoms. The summed E-state index contributed by atoms with van der Waals surface area (Å²) in [6.45, 7) is 17.3. The quantitative estimate of drug-likeness (QED) is 0.378. The minimum atomic E-state index is -1.42. The zero-order valence-electron chi connectivity index (χ0n) is 17.6. The van der Waals surface area contributed by atoms with Crippen molar-refractivity contribution in [1.29, 1.82) is 0 Å². The fourth-order valence-corrected chi connectivity index (χ4v) is 5.20. The van der Waals surface area contributed by atoms with Crippen LogP contribution >= 0.6 is 8.53 Å². The summed E-state index contributed by atoms with van der Waals surface area (Å²) in [5, 5.41) is 0. The van der Waals surface area contributed by atoms with Crippen molar-refractivity contribution < 1.29 is 16.5 Å². The van der Waals surface area contributed by atoms with Crippen LogP contribution in [0.15, 0.2) is 0 Å². The summed E-state index contributed by atoms with van der Waals surface area (Å²) in [5.41, 5.74) is -0.810. The van der Waals surface area contributed by atoms with Crippen molar-refractivity contribution in [2.45, 2.75) is 77.4 Å². The molecule has 0 radical (unpaired) electrons. The Kier molecular flexibility index (Phi) is 5.68. The lowest BCUT2D eigenvalue weighted by molar-refractivity contribution is -0.0778. The van der Waals surface area contributed by atoms with E-state index in [2.05, 4.69) is 42.1 Å². The minimum Gasteiger partial charge on any atom is -0.369 e. The maximum Gasteiger partial charge on any atom is 0.259 e. The van der Waals surface area contributed by atoms with E-state index in [0.717, 1.165) is 0 Å². The van der Waals surface area contributed by atoms with Gasteiger partial charge in [-0.25, -0.2) is 11.2 Å². The number of likely N-dealkylation sites (tertiary alicyclic amines) is 1. The van der Waals surface area contributed by atoms with E-state index in [-0.39, 0.29) is 43.7 Å². The first-order chi connectivity index (χ1) is 12.2. The second kappa shape index (κ2) is 7.95. The van der Waals surface area contributed by atoms with Crippen molar-refractivity contribution in [1.82, 2.24) is 9.57 Å². The van der Waals surface area contributed by atoms with Gasteiger partial charge in [-0.05, 0) is 48.6 Å². The molecule has 2 aliphatic heterocycles. The Bertz CT molecular complexity index is 514. The van der Waals surface area contributed by atoms with E-state index in [4.69, 9.17) is 23.1 Å². The Balaban J connectivity index is 2.27. The molecule has 0 saturated carbocycles. The smallest absolute Gasteiger partial charge is 0.259 e. The van der Waals surface area contributed by atoms with Gasteiger partial charge in [-0.2, -0.15) is 0 Å². The average molecular weight is 360 g/mol. The predicted octanol–water partition coefficient (Wildman–Crippen LogP) is 3.14. The Labute approximate surface area is 151 Å². The minimum absolute atomic E-state index is 0.00300. The van der Waals surface area contributed by atoms with Crippen LogP contribution in [0.25, 0.3) is 4.85 Å². The van der Waals surface area contributed by atoms with Gasteiger partial charge in [0.1, 0.15) is 18.3 Å². The number of likely N-dealkylation sites (N-methyl/N-ethyl adjacent to an activating group) is 1. The maximum atomic E-state index is 8.27. The second-order valence-electron chi connectivity index (χ2n) is 7.09. The Morgan fingerprint density at radius 3 is 2.75 bits per heavy atom. The Morgan fingerprint density at radius 1 is 1.54 bits per heavy atom. The molecule has 0 aliphatic carbocycles. The molecule has 2 bridgehead atoms. The Morgan fingerprint density at radius 2 is 2.21 bits per heavy atom. The molecule has 2 saturated heterocycles. The second-order valence-corrected chi connectivity index (χ2v) is 8.49. The average Bonchev–Trinajstić information content (AvgIpc) is 2.94. The fourth-order valence-electron chi connectivity index (χ4n) is 3.41. The summed E-state index contributed by atoms with van der Waals surface area (Å²) >= 11 is 0. The molecular weight excluding hydrogens is 325 g/mol. The number of nitrogens with zero attached hydrogens (tertiary/aromatic N) is 3. The molecule has 1 unspecified atom stereocenters. The van der Waals surface area contributed by atoms with Crippen LogP contribution in [-0.4, -0.2) is 72.2 Å². The maximum absolute atomic E-state index is 8.27. The molecule has 7 heteroatoms. The van der Waals surface area contributed by atoms with Crippen molar-refractivity contribution in [3.63, 3.8) is 0 Å². The molecule has 138 valence electrons. The zero-order chi connectivity index (χ0) is 19.6. The van der Waals surface area contributed by atoms with Crippen LogP contribution in [-0.2, 0) is 13.8 Å². The lowest BCUT2D eigenvalue weighted by atomic mass is 9.96. The standard InChI is InChI=1S/C17H32N3O3P/c1-12(2)20(13(3)4)24(22-10-9-18-7)23-16-15-11-21-17(16,6)14(5)19(15)8/h12-16H,9-11H2,1-6,8H3/t14-,15-,16-,17-,24?/m0/s1/i6D,11T/t11-,14-,15-,16-,17-,24?. The summed E-state index contributed by atoms with van der Waals surface area (Å²) < 4.78 is 37.0. The van der Waals surface area contributed by atoms with Gasteiger partial charge in [0, 0.05) is 19.5 Å². The highest BCUT2D eigenvalue weighted by atomic mass is 31.2. The summed E-state index contributed by atoms with van der Waals surface area (Å²) in [4.78, 5) is 5.46. The molecule has 6 atom stereocenters. The van der Waals surface area contributed by atoms with Gasteiger partial charge in [-0.3, -0.25) is 4.90 Å². The molecule has 24 heavy (non-hydrogen) atoms. The van der Waals surface area contributed by atoms with Crippen LogP contribution in [0.4, 0.5) is 0 Å². The van der Waals surface area contributed by atoms with E-state index in [1.807, 2.05) is 14.0 Å². The van der Waals surface area contributed by atoms with Gasteiger partial charge in [-0.15, -0.1) is 0 Å². The van der Waals surface area contributed by atoms with Crippen LogP contribution in [0.2, 0.25) is 0 Å². The highest BCUT2D eigenvalue weighted by molar-refractivity contribution is 7.44. The van der Waals surface area contributed by atoms with Crippen molar-refractivity contribution in [2.24, 2.45) is 0 Å². The monoisotopic (exact) mass is 360 g/mol. The lowest BCUT2D eigenvalue weighted by Crippen LogP contribution is -2.47. The summed E-state index contributed by atoms with van der Waals surface area (Å²) in [5.74, 6) is 0. The number of hydrogen-bond acceptors (Lipinski definition) is 5. The lowest BCUT2D eigenvalue weighted by Gasteiger charge is -2.38. The van der Waals surface area contributed by atoms with Crippen molar-refractivity contribution >= 4 is 8.53 Å². The highest BCUT2D eigenvalue weighted by Gasteiger charge is 2.61. The Hall–Kier alpha value is -0.280. The van der Waals surface area contributed by atoms with E-state index in [1.54, 1.807) is 0 Å². The van der Waals surface area contributed by atoms with Crippen LogP contribution < -0.4 is 0 Å². The number of rotatable bonds is 8. The van der Waals surface area contributed by atoms with Gasteiger partial charge < -0.3 is 18.6 Å². The third-order valence-electron chi connectivity index (χ3n) is 4.86. The van der Waals surface area contributed by atoms with Crippen LogP contribution in [0, 0.1) is 6.57 Å². The summed E-state index contributed by atoms with van der Waals surface area (Å²) in [6.07, 6.45) is -0.387. The normalized spacial score (nSPS) is 38.7. The van der Waals surface area contributed by atoms with Crippen LogP contribution in [0.5, 0.6) is 0 Å². The zero-order valence-corrected chi connectivity index (χ0v) is 16.5. The van der Waals surface area contributed by atoms with E-state index in [1.165, 1.54) is 0 Å². The first-order valence-electron chi connectivity index (χ1n) is 9.82. The van der Waals surface area contributed by atoms with Crippen molar-refractivity contribution in [3.8, 4) is 0 Å². The number of fused-ring (bicyclic) bond motifs is 2. The van der Waals surface area contributed by atoms with Crippen LogP contribution in [0.3, 0.4) is 0 Å². The first kappa shape index (κ1) is 17.1. The molecule has 0 amide bonds. The third-order valence-corrected chi connectivity index (χ3v) is 6.97. The van der Waals surface area contributed by atoms with Gasteiger partial charge in [0.05, 0.1) is 14.0 Å². The van der Waals surface area contributed by atoms with Gasteiger partial charge >= 0.3 is 0 Å². The molecule has 0 N–H and O–H groups in total. The van der Waals surface area contributed by atoms with Crippen LogP contribution in [0.1, 0.15) is 44.3 Å². The van der Waals surface area contributed by atoms with Gasteiger partial charge in [0.15, 0.2) is 0 Å². The molecule has 0 aromatic rings. The fraction of sp³-hybridized carbons (Fsp3) is 0.941. The SMILES string of the molecule is [2H]C[C@@]12O[C@@H]([3H])[C@@H]([C@@H]1OP(OCC[N+]#[C-])N(C(C)C)C(C)C)N(C)[C@H]2C. The summed E-state index contributed by atoms with van der Waals surface area (Å²) in [7, 11) is 0.553. The molecule has 2 aliphatic rings. The number of hydrogen-bond donors (Lipinski definition) is 0. The first-order valence-corrected chi connectivity index (χ1v) is 9.66. The molecule has 2 fully saturated rings. The molecule has 0 aromatic carbocycles. The predicted molar refractivity (Wildman–Crippen MR) is 96.7 cm³/mol. The van der Waals surface area contributed by atoms with Crippen molar-refractivity contribution in [3.05, 3.63) is 11.4 Å². The van der Waals surface area contributed by atoms with Gasteiger partial charge in [0.2, 0.25) is 6.54 Å². The highest BCUT2D eigenvalue weighted by Crippen LogP contribution is 2.53. The van der Waals surface area contributed by atoms with E-state index >= 15 is 0 Å². The topological polar surface area (TPSA) is 38.5 Å². The van der Waals surface area contributed by atoms with Gasteiger partial charge in [0.25, 0.3) is 8.53 Å². The molecule has 2 heterocycles. The van der Waals surface area contributed by atoms with E-state index < -0.39 is 20.7 Å². The third kappa shape index (κ3) is 3.62. The molecule has 0 aromatic heterocycles. The molecular formula is C17H32N3O3P. The number of ether oxygens (including phenoxy) is 1.